The van der Waals surface area contributed by atoms with Crippen LogP contribution in [0.5, 0.6) is 0 Å². The van der Waals surface area contributed by atoms with Crippen LogP contribution in [-0.2, 0) is 9.53 Å². The summed E-state index contributed by atoms with van der Waals surface area (Å²) in [5, 5.41) is 0. The van der Waals surface area contributed by atoms with E-state index in [0.717, 1.165) is 37.0 Å². The number of rotatable bonds is 2. The van der Waals surface area contributed by atoms with Crippen LogP contribution in [-0.4, -0.2) is 42.0 Å². The Hall–Kier alpha value is -0.280. The third-order valence-corrected chi connectivity index (χ3v) is 6.77. The highest BCUT2D eigenvalue weighted by Crippen LogP contribution is 2.60. The fourth-order valence-electron chi connectivity index (χ4n) is 5.87. The van der Waals surface area contributed by atoms with Crippen molar-refractivity contribution in [3.63, 3.8) is 0 Å². The maximum Gasteiger partial charge on any atom is 0.229 e. The first kappa shape index (κ1) is 14.3. The second-order valence-corrected chi connectivity index (χ2v) is 8.42. The number of halogens is 1. The molecule has 4 saturated carbocycles. The van der Waals surface area contributed by atoms with Crippen molar-refractivity contribution in [1.29, 1.82) is 0 Å². The summed E-state index contributed by atoms with van der Waals surface area (Å²) in [7, 11) is 0. The van der Waals surface area contributed by atoms with Crippen molar-refractivity contribution in [3.8, 4) is 0 Å². The van der Waals surface area contributed by atoms with Gasteiger partial charge >= 0.3 is 0 Å². The van der Waals surface area contributed by atoms with Gasteiger partial charge in [0.15, 0.2) is 0 Å². The molecule has 2 unspecified atom stereocenters. The molecule has 0 aromatic heterocycles. The lowest BCUT2D eigenvalue weighted by Crippen LogP contribution is -2.60. The van der Waals surface area contributed by atoms with Crippen LogP contribution >= 0.6 is 11.6 Å². The summed E-state index contributed by atoms with van der Waals surface area (Å²) in [6, 6.07) is 0.199. The first-order valence-corrected chi connectivity index (χ1v) is 9.12. The summed E-state index contributed by atoms with van der Waals surface area (Å²) in [5.74, 6) is 3.37. The van der Waals surface area contributed by atoms with Crippen LogP contribution in [0.4, 0.5) is 0 Å². The maximum atomic E-state index is 13.4. The van der Waals surface area contributed by atoms with Crippen LogP contribution in [0.3, 0.4) is 0 Å². The van der Waals surface area contributed by atoms with E-state index in [1.165, 1.54) is 19.3 Å². The standard InChI is InChI=1S/C17H26ClNO2/c1-11-10-21-15(8-18)9-19(11)16(20)17-5-12-2-13(6-17)4-14(3-12)7-17/h11-15H,2-10H2,1H3. The predicted molar refractivity (Wildman–Crippen MR) is 82.2 cm³/mol. The number of carbonyl (C=O) groups excluding carboxylic acids is 1. The topological polar surface area (TPSA) is 29.5 Å². The third kappa shape index (κ3) is 2.31. The molecule has 5 rings (SSSR count). The molecule has 118 valence electrons. The summed E-state index contributed by atoms with van der Waals surface area (Å²) < 4.78 is 5.71. The molecule has 0 aromatic carbocycles. The molecule has 0 spiro atoms. The molecule has 2 atom stereocenters. The first-order chi connectivity index (χ1) is 10.1. The third-order valence-electron chi connectivity index (χ3n) is 6.43. The quantitative estimate of drug-likeness (QED) is 0.734. The Bertz CT molecular complexity index is 403. The van der Waals surface area contributed by atoms with Crippen molar-refractivity contribution in [2.24, 2.45) is 23.2 Å². The Morgan fingerprint density at radius 1 is 1.19 bits per heavy atom. The Morgan fingerprint density at radius 3 is 2.29 bits per heavy atom. The van der Waals surface area contributed by atoms with Crippen LogP contribution in [0.25, 0.3) is 0 Å². The minimum Gasteiger partial charge on any atom is -0.373 e. The minimum atomic E-state index is -0.0305. The Labute approximate surface area is 132 Å². The molecule has 4 bridgehead atoms. The number of hydrogen-bond acceptors (Lipinski definition) is 2. The van der Waals surface area contributed by atoms with E-state index in [9.17, 15) is 4.79 Å². The number of alkyl halides is 1. The van der Waals surface area contributed by atoms with E-state index in [0.29, 0.717) is 24.9 Å². The molecule has 1 aliphatic heterocycles. The average Bonchev–Trinajstić information content (AvgIpc) is 2.45. The van der Waals surface area contributed by atoms with Gasteiger partial charge in [-0.1, -0.05) is 0 Å². The van der Waals surface area contributed by atoms with Crippen molar-refractivity contribution < 1.29 is 9.53 Å². The number of amides is 1. The number of carbonyl (C=O) groups is 1. The number of ether oxygens (including phenoxy) is 1. The second kappa shape index (κ2) is 5.13. The minimum absolute atomic E-state index is 0.0146. The first-order valence-electron chi connectivity index (χ1n) is 8.58. The fourth-order valence-corrected chi connectivity index (χ4v) is 6.06. The SMILES string of the molecule is CC1COC(CCl)CN1C(=O)C12CC3CC(CC(C3)C1)C2. The largest absolute Gasteiger partial charge is 0.373 e. The predicted octanol–water partition coefficient (Wildman–Crippen LogP) is 3.06. The Balaban J connectivity index is 1.56. The van der Waals surface area contributed by atoms with Gasteiger partial charge in [0.2, 0.25) is 5.91 Å². The molecule has 3 nitrogen and oxygen atoms in total. The lowest BCUT2D eigenvalue weighted by atomic mass is 9.49. The zero-order valence-electron chi connectivity index (χ0n) is 12.9. The highest BCUT2D eigenvalue weighted by Gasteiger charge is 2.56. The molecule has 4 aliphatic carbocycles. The summed E-state index contributed by atoms with van der Waals surface area (Å²) in [6.07, 6.45) is 7.61. The van der Waals surface area contributed by atoms with Gasteiger partial charge in [-0.05, 0) is 63.2 Å². The normalized spacial score (nSPS) is 48.7. The monoisotopic (exact) mass is 311 g/mol. The van der Waals surface area contributed by atoms with Crippen molar-refractivity contribution in [2.45, 2.75) is 57.6 Å². The molecule has 0 radical (unpaired) electrons. The summed E-state index contributed by atoms with van der Waals surface area (Å²) in [4.78, 5) is 15.5. The highest BCUT2D eigenvalue weighted by molar-refractivity contribution is 6.18. The molecule has 0 N–H and O–H groups in total. The van der Waals surface area contributed by atoms with Gasteiger partial charge in [0, 0.05) is 6.54 Å². The van der Waals surface area contributed by atoms with Gasteiger partial charge < -0.3 is 9.64 Å². The summed E-state index contributed by atoms with van der Waals surface area (Å²) in [5.41, 5.74) is -0.0305. The van der Waals surface area contributed by atoms with Gasteiger partial charge in [-0.25, -0.2) is 0 Å². The number of nitrogens with zero attached hydrogens (tertiary/aromatic N) is 1. The van der Waals surface area contributed by atoms with E-state index in [4.69, 9.17) is 16.3 Å². The second-order valence-electron chi connectivity index (χ2n) is 8.11. The lowest BCUT2D eigenvalue weighted by Gasteiger charge is -2.57. The molecule has 4 heteroatoms. The molecule has 5 fully saturated rings. The van der Waals surface area contributed by atoms with Gasteiger partial charge in [-0.15, -0.1) is 11.6 Å². The number of hydrogen-bond donors (Lipinski definition) is 0. The molecule has 1 heterocycles. The lowest BCUT2D eigenvalue weighted by molar-refractivity contribution is -0.168. The van der Waals surface area contributed by atoms with Gasteiger partial charge in [0.1, 0.15) is 0 Å². The maximum absolute atomic E-state index is 13.4. The van der Waals surface area contributed by atoms with Crippen molar-refractivity contribution in [2.75, 3.05) is 19.0 Å². The Kier molecular flexibility index (Phi) is 3.50. The highest BCUT2D eigenvalue weighted by atomic mass is 35.5. The fraction of sp³-hybridized carbons (Fsp3) is 0.941. The molecule has 1 saturated heterocycles. The van der Waals surface area contributed by atoms with Crippen LogP contribution in [0.2, 0.25) is 0 Å². The van der Waals surface area contributed by atoms with E-state index in [1.54, 1.807) is 0 Å². The van der Waals surface area contributed by atoms with Gasteiger partial charge in [0.05, 0.1) is 30.0 Å². The van der Waals surface area contributed by atoms with Crippen molar-refractivity contribution in [1.82, 2.24) is 4.90 Å². The van der Waals surface area contributed by atoms with Crippen LogP contribution in [0.1, 0.15) is 45.4 Å². The molecule has 1 amide bonds. The zero-order valence-corrected chi connectivity index (χ0v) is 13.6. The molecular weight excluding hydrogens is 286 g/mol. The van der Waals surface area contributed by atoms with Crippen molar-refractivity contribution in [3.05, 3.63) is 0 Å². The van der Waals surface area contributed by atoms with E-state index in [-0.39, 0.29) is 17.6 Å². The van der Waals surface area contributed by atoms with Gasteiger partial charge in [0.25, 0.3) is 0 Å². The van der Waals surface area contributed by atoms with Crippen LogP contribution < -0.4 is 0 Å². The van der Waals surface area contributed by atoms with Crippen LogP contribution in [0, 0.1) is 23.2 Å². The van der Waals surface area contributed by atoms with E-state index >= 15 is 0 Å². The van der Waals surface area contributed by atoms with Crippen LogP contribution in [0.15, 0.2) is 0 Å². The van der Waals surface area contributed by atoms with Gasteiger partial charge in [-0.3, -0.25) is 4.79 Å². The van der Waals surface area contributed by atoms with E-state index in [2.05, 4.69) is 11.8 Å². The molecule has 21 heavy (non-hydrogen) atoms. The van der Waals surface area contributed by atoms with E-state index < -0.39 is 0 Å². The molecule has 0 aromatic rings. The molecular formula is C17H26ClNO2. The summed E-state index contributed by atoms with van der Waals surface area (Å²) in [6.45, 7) is 3.43. The summed E-state index contributed by atoms with van der Waals surface area (Å²) >= 11 is 5.95. The van der Waals surface area contributed by atoms with Gasteiger partial charge in [-0.2, -0.15) is 0 Å². The average molecular weight is 312 g/mol. The Morgan fingerprint density at radius 2 is 1.76 bits per heavy atom. The zero-order chi connectivity index (χ0) is 14.6. The van der Waals surface area contributed by atoms with E-state index in [1.807, 2.05) is 0 Å². The molecule has 5 aliphatic rings. The number of morpholine rings is 1. The van der Waals surface area contributed by atoms with Crippen molar-refractivity contribution >= 4 is 17.5 Å². The smallest absolute Gasteiger partial charge is 0.229 e.